The van der Waals surface area contributed by atoms with Crippen molar-refractivity contribution in [1.82, 2.24) is 24.6 Å². The number of benzene rings is 1. The minimum atomic E-state index is -0.125. The molecule has 1 saturated heterocycles. The summed E-state index contributed by atoms with van der Waals surface area (Å²) in [6.07, 6.45) is 1.78. The zero-order valence-electron chi connectivity index (χ0n) is 19.6. The first-order valence-corrected chi connectivity index (χ1v) is 11.7. The second-order valence-corrected chi connectivity index (χ2v) is 9.19. The van der Waals surface area contributed by atoms with Crippen LogP contribution in [0.3, 0.4) is 0 Å². The van der Waals surface area contributed by atoms with Gasteiger partial charge in [-0.25, -0.2) is 0 Å². The SMILES string of the molecule is Cc1nn(C)c2[nH]c(=O)c(CCC(=O)N3CCN(Cc4ccc5c(c4)CCO5)CC3)c(C)c12. The summed E-state index contributed by atoms with van der Waals surface area (Å²) in [5.41, 5.74) is 5.71. The van der Waals surface area contributed by atoms with Crippen molar-refractivity contribution in [3.63, 3.8) is 0 Å². The fourth-order valence-electron chi connectivity index (χ4n) is 5.20. The molecule has 0 atom stereocenters. The lowest BCUT2D eigenvalue weighted by atomic mass is 10.0. The summed E-state index contributed by atoms with van der Waals surface area (Å²) in [4.78, 5) is 32.8. The summed E-state index contributed by atoms with van der Waals surface area (Å²) >= 11 is 0. The van der Waals surface area contributed by atoms with E-state index in [1.54, 1.807) is 4.68 Å². The van der Waals surface area contributed by atoms with Crippen molar-refractivity contribution in [2.45, 2.75) is 39.7 Å². The first-order valence-electron chi connectivity index (χ1n) is 11.7. The van der Waals surface area contributed by atoms with Crippen molar-refractivity contribution in [1.29, 1.82) is 0 Å². The molecule has 0 spiro atoms. The third-order valence-electron chi connectivity index (χ3n) is 7.03. The van der Waals surface area contributed by atoms with Crippen molar-refractivity contribution in [3.05, 3.63) is 56.5 Å². The van der Waals surface area contributed by atoms with Crippen LogP contribution in [-0.2, 0) is 31.2 Å². The fourth-order valence-corrected chi connectivity index (χ4v) is 5.20. The number of aromatic nitrogens is 3. The van der Waals surface area contributed by atoms with Crippen LogP contribution in [0.5, 0.6) is 5.75 Å². The van der Waals surface area contributed by atoms with Crippen LogP contribution in [0.1, 0.15) is 34.4 Å². The van der Waals surface area contributed by atoms with Gasteiger partial charge in [-0.1, -0.05) is 12.1 Å². The monoisotopic (exact) mass is 449 g/mol. The number of H-pyrrole nitrogens is 1. The number of pyridine rings is 1. The van der Waals surface area contributed by atoms with Crippen LogP contribution in [0, 0.1) is 13.8 Å². The molecule has 33 heavy (non-hydrogen) atoms. The number of aryl methyl sites for hydroxylation is 3. The van der Waals surface area contributed by atoms with E-state index in [2.05, 4.69) is 33.2 Å². The van der Waals surface area contributed by atoms with E-state index in [0.29, 0.717) is 18.4 Å². The molecule has 174 valence electrons. The maximum absolute atomic E-state index is 12.9. The third kappa shape index (κ3) is 4.15. The van der Waals surface area contributed by atoms with Gasteiger partial charge in [0.25, 0.3) is 5.56 Å². The molecule has 0 unspecified atom stereocenters. The Kier molecular flexibility index (Phi) is 5.70. The number of carbonyl (C=O) groups excluding carboxylic acids is 1. The second-order valence-electron chi connectivity index (χ2n) is 9.19. The summed E-state index contributed by atoms with van der Waals surface area (Å²) in [6, 6.07) is 6.47. The molecule has 0 aliphatic carbocycles. The first kappa shape index (κ1) is 21.7. The van der Waals surface area contributed by atoms with E-state index in [4.69, 9.17) is 4.74 Å². The fraction of sp³-hybridized carbons (Fsp3) is 0.480. The highest BCUT2D eigenvalue weighted by atomic mass is 16.5. The minimum absolute atomic E-state index is 0.117. The Labute approximate surface area is 193 Å². The average Bonchev–Trinajstić information content (AvgIpc) is 3.37. The smallest absolute Gasteiger partial charge is 0.253 e. The Balaban J connectivity index is 1.17. The third-order valence-corrected chi connectivity index (χ3v) is 7.03. The van der Waals surface area contributed by atoms with Crippen molar-refractivity contribution in [2.75, 3.05) is 32.8 Å². The van der Waals surface area contributed by atoms with E-state index in [1.165, 1.54) is 11.1 Å². The Hall–Kier alpha value is -3.13. The van der Waals surface area contributed by atoms with Gasteiger partial charge in [-0.2, -0.15) is 5.10 Å². The van der Waals surface area contributed by atoms with Crippen LogP contribution in [-0.4, -0.2) is 63.3 Å². The first-order chi connectivity index (χ1) is 15.9. The van der Waals surface area contributed by atoms with Gasteiger partial charge in [-0.3, -0.25) is 19.2 Å². The molecule has 8 heteroatoms. The molecule has 1 N–H and O–H groups in total. The molecule has 3 aromatic rings. The van der Waals surface area contributed by atoms with Crippen molar-refractivity contribution in [2.24, 2.45) is 7.05 Å². The zero-order chi connectivity index (χ0) is 23.1. The normalized spacial score (nSPS) is 16.3. The van der Waals surface area contributed by atoms with Crippen LogP contribution >= 0.6 is 0 Å². The zero-order valence-corrected chi connectivity index (χ0v) is 19.6. The second kappa shape index (κ2) is 8.67. The number of ether oxygens (including phenoxy) is 1. The highest BCUT2D eigenvalue weighted by Gasteiger charge is 2.23. The quantitative estimate of drug-likeness (QED) is 0.645. The maximum atomic E-state index is 12.9. The van der Waals surface area contributed by atoms with Gasteiger partial charge in [-0.05, 0) is 43.0 Å². The molecule has 2 aliphatic rings. The molecule has 2 aromatic heterocycles. The largest absolute Gasteiger partial charge is 0.493 e. The van der Waals surface area contributed by atoms with Crippen LogP contribution in [0.25, 0.3) is 11.0 Å². The van der Waals surface area contributed by atoms with Gasteiger partial charge in [-0.15, -0.1) is 0 Å². The van der Waals surface area contributed by atoms with E-state index in [-0.39, 0.29) is 11.5 Å². The van der Waals surface area contributed by atoms with Gasteiger partial charge < -0.3 is 14.6 Å². The number of hydrogen-bond donors (Lipinski definition) is 1. The summed E-state index contributed by atoms with van der Waals surface area (Å²) in [6.45, 7) is 8.75. The van der Waals surface area contributed by atoms with Gasteiger partial charge >= 0.3 is 0 Å². The number of fused-ring (bicyclic) bond motifs is 2. The predicted molar refractivity (Wildman–Crippen MR) is 127 cm³/mol. The topological polar surface area (TPSA) is 83.5 Å². The number of nitrogens with zero attached hydrogens (tertiary/aromatic N) is 4. The molecule has 1 amide bonds. The summed E-state index contributed by atoms with van der Waals surface area (Å²) in [5.74, 6) is 1.13. The van der Waals surface area contributed by atoms with Gasteiger partial charge in [0.15, 0.2) is 0 Å². The van der Waals surface area contributed by atoms with Crippen LogP contribution in [0.15, 0.2) is 23.0 Å². The molecular formula is C25H31N5O3. The van der Waals surface area contributed by atoms with E-state index >= 15 is 0 Å². The van der Waals surface area contributed by atoms with E-state index in [9.17, 15) is 9.59 Å². The molecule has 4 heterocycles. The van der Waals surface area contributed by atoms with Gasteiger partial charge in [0, 0.05) is 63.6 Å². The summed E-state index contributed by atoms with van der Waals surface area (Å²) in [5, 5.41) is 5.39. The Morgan fingerprint density at radius 1 is 1.18 bits per heavy atom. The average molecular weight is 450 g/mol. The number of amides is 1. The van der Waals surface area contributed by atoms with E-state index in [1.807, 2.05) is 25.8 Å². The molecule has 0 bridgehead atoms. The maximum Gasteiger partial charge on any atom is 0.253 e. The highest BCUT2D eigenvalue weighted by molar-refractivity contribution is 5.83. The van der Waals surface area contributed by atoms with Crippen LogP contribution < -0.4 is 10.3 Å². The number of carbonyl (C=O) groups is 1. The number of hydrogen-bond acceptors (Lipinski definition) is 5. The summed E-state index contributed by atoms with van der Waals surface area (Å²) in [7, 11) is 1.83. The molecule has 0 saturated carbocycles. The number of aromatic amines is 1. The molecule has 2 aliphatic heterocycles. The molecule has 8 nitrogen and oxygen atoms in total. The molecule has 0 radical (unpaired) electrons. The van der Waals surface area contributed by atoms with Gasteiger partial charge in [0.05, 0.1) is 12.3 Å². The van der Waals surface area contributed by atoms with Crippen molar-refractivity contribution < 1.29 is 9.53 Å². The Morgan fingerprint density at radius 2 is 1.97 bits per heavy atom. The number of piperazine rings is 1. The number of rotatable bonds is 5. The lowest BCUT2D eigenvalue weighted by molar-refractivity contribution is -0.133. The summed E-state index contributed by atoms with van der Waals surface area (Å²) < 4.78 is 7.30. The lowest BCUT2D eigenvalue weighted by Crippen LogP contribution is -2.48. The van der Waals surface area contributed by atoms with E-state index < -0.39 is 0 Å². The van der Waals surface area contributed by atoms with Crippen LogP contribution in [0.2, 0.25) is 0 Å². The van der Waals surface area contributed by atoms with Crippen LogP contribution in [0.4, 0.5) is 0 Å². The molecule has 5 rings (SSSR count). The standard InChI is InChI=1S/C25H31N5O3/c1-16-20(25(32)26-24-23(16)17(2)27-28(24)3)5-7-22(31)30-11-9-29(10-12-30)15-18-4-6-21-19(14-18)8-13-33-21/h4,6,14H,5,7-13,15H2,1-3H3,(H,26,32). The molecule has 1 aromatic carbocycles. The number of nitrogens with one attached hydrogen (secondary N) is 1. The molecule has 1 fully saturated rings. The highest BCUT2D eigenvalue weighted by Crippen LogP contribution is 2.26. The predicted octanol–water partition coefficient (Wildman–Crippen LogP) is 2.09. The Morgan fingerprint density at radius 3 is 2.76 bits per heavy atom. The minimum Gasteiger partial charge on any atom is -0.493 e. The lowest BCUT2D eigenvalue weighted by Gasteiger charge is -2.35. The van der Waals surface area contributed by atoms with Gasteiger partial charge in [0.2, 0.25) is 5.91 Å². The van der Waals surface area contributed by atoms with Crippen molar-refractivity contribution in [3.8, 4) is 5.75 Å². The Bertz CT molecular complexity index is 1270. The molecular weight excluding hydrogens is 418 g/mol. The van der Waals surface area contributed by atoms with Gasteiger partial charge in [0.1, 0.15) is 11.4 Å². The van der Waals surface area contributed by atoms with Crippen molar-refractivity contribution >= 4 is 16.9 Å². The van der Waals surface area contributed by atoms with E-state index in [0.717, 1.165) is 73.8 Å².